The molecule has 2 atom stereocenters. The van der Waals surface area contributed by atoms with Crippen molar-refractivity contribution < 1.29 is 0 Å². The summed E-state index contributed by atoms with van der Waals surface area (Å²) in [6.45, 7) is 0. The van der Waals surface area contributed by atoms with Gasteiger partial charge in [-0.3, -0.25) is 0 Å². The number of pyridine rings is 1. The van der Waals surface area contributed by atoms with Crippen molar-refractivity contribution in [1.29, 1.82) is 0 Å². The third kappa shape index (κ3) is 3.22. The minimum absolute atomic E-state index is 0.438. The summed E-state index contributed by atoms with van der Waals surface area (Å²) in [4.78, 5) is 4.35. The van der Waals surface area contributed by atoms with Crippen molar-refractivity contribution in [3.63, 3.8) is 0 Å². The number of hydrogen-bond donors (Lipinski definition) is 1. The van der Waals surface area contributed by atoms with Gasteiger partial charge in [0, 0.05) is 16.7 Å². The quantitative estimate of drug-likeness (QED) is 0.866. The van der Waals surface area contributed by atoms with Crippen LogP contribution in [0.2, 0.25) is 0 Å². The number of halogens is 1. The summed E-state index contributed by atoms with van der Waals surface area (Å²) in [7, 11) is 0. The predicted molar refractivity (Wildman–Crippen MR) is 72.6 cm³/mol. The van der Waals surface area contributed by atoms with Crippen LogP contribution in [0.3, 0.4) is 0 Å². The van der Waals surface area contributed by atoms with Gasteiger partial charge in [-0.2, -0.15) is 0 Å². The lowest BCUT2D eigenvalue weighted by molar-refractivity contribution is 0.470. The molecule has 1 aromatic rings. The first kappa shape index (κ1) is 12.4. The van der Waals surface area contributed by atoms with Gasteiger partial charge < -0.3 is 5.73 Å². The van der Waals surface area contributed by atoms with Crippen LogP contribution in [0.4, 0.5) is 0 Å². The lowest BCUT2D eigenvalue weighted by Crippen LogP contribution is -2.24. The van der Waals surface area contributed by atoms with Crippen LogP contribution in [0.1, 0.15) is 25.7 Å². The highest BCUT2D eigenvalue weighted by Crippen LogP contribution is 2.31. The Morgan fingerprint density at radius 2 is 2.38 bits per heavy atom. The Hall–Kier alpha value is -0.0600. The molecule has 88 valence electrons. The number of nitrogens with zero attached hydrogens (tertiary/aromatic N) is 1. The molecule has 2 unspecified atom stereocenters. The maximum Gasteiger partial charge on any atom is 0.110 e. The molecule has 0 spiro atoms. The van der Waals surface area contributed by atoms with E-state index in [1.165, 1.54) is 25.7 Å². The highest BCUT2D eigenvalue weighted by Gasteiger charge is 2.23. The first-order chi connectivity index (χ1) is 7.77. The Morgan fingerprint density at radius 3 is 3.06 bits per heavy atom. The molecular weight excluding hydrogens is 284 g/mol. The molecule has 2 N–H and O–H groups in total. The number of rotatable bonds is 4. The van der Waals surface area contributed by atoms with Crippen molar-refractivity contribution in [1.82, 2.24) is 4.98 Å². The molecule has 0 bridgehead atoms. The fourth-order valence-electron chi connectivity index (χ4n) is 2.21. The molecule has 0 saturated heterocycles. The van der Waals surface area contributed by atoms with Gasteiger partial charge in [0.05, 0.1) is 0 Å². The van der Waals surface area contributed by atoms with E-state index in [0.29, 0.717) is 6.04 Å². The van der Waals surface area contributed by atoms with Crippen LogP contribution < -0.4 is 5.73 Å². The molecule has 16 heavy (non-hydrogen) atoms. The second-order valence-corrected chi connectivity index (χ2v) is 6.22. The first-order valence-electron chi connectivity index (χ1n) is 5.76. The zero-order valence-electron chi connectivity index (χ0n) is 9.23. The fourth-order valence-corrected chi connectivity index (χ4v) is 3.76. The average Bonchev–Trinajstić information content (AvgIpc) is 2.67. The van der Waals surface area contributed by atoms with Gasteiger partial charge in [-0.25, -0.2) is 4.98 Å². The van der Waals surface area contributed by atoms with E-state index in [0.717, 1.165) is 21.2 Å². The summed E-state index contributed by atoms with van der Waals surface area (Å²) in [5, 5.41) is 1.09. The average molecular weight is 301 g/mol. The lowest BCUT2D eigenvalue weighted by atomic mass is 10.0. The molecule has 0 amide bonds. The smallest absolute Gasteiger partial charge is 0.110 e. The van der Waals surface area contributed by atoms with Crippen LogP contribution in [0.5, 0.6) is 0 Å². The molecule has 1 fully saturated rings. The van der Waals surface area contributed by atoms with Gasteiger partial charge in [-0.15, -0.1) is 11.8 Å². The van der Waals surface area contributed by atoms with Crippen molar-refractivity contribution >= 4 is 27.7 Å². The zero-order chi connectivity index (χ0) is 11.4. The Labute approximate surface area is 110 Å². The fraction of sp³-hybridized carbons (Fsp3) is 0.583. The third-order valence-corrected chi connectivity index (χ3v) is 5.11. The van der Waals surface area contributed by atoms with Crippen LogP contribution in [-0.4, -0.2) is 16.8 Å². The van der Waals surface area contributed by atoms with Crippen LogP contribution in [-0.2, 0) is 0 Å². The van der Waals surface area contributed by atoms with Crippen LogP contribution in [0.15, 0.2) is 27.8 Å². The summed E-state index contributed by atoms with van der Waals surface area (Å²) >= 11 is 5.34. The van der Waals surface area contributed by atoms with Gasteiger partial charge in [-0.05, 0) is 59.0 Å². The topological polar surface area (TPSA) is 38.9 Å². The SMILES string of the molecule is NC1CCCC1CCSc1ncccc1Br. The van der Waals surface area contributed by atoms with Crippen molar-refractivity contribution in [2.24, 2.45) is 11.7 Å². The highest BCUT2D eigenvalue weighted by molar-refractivity contribution is 9.10. The summed E-state index contributed by atoms with van der Waals surface area (Å²) in [5.41, 5.74) is 6.05. The van der Waals surface area contributed by atoms with E-state index in [-0.39, 0.29) is 0 Å². The molecule has 0 aromatic carbocycles. The molecular formula is C12H17BrN2S. The zero-order valence-corrected chi connectivity index (χ0v) is 11.6. The van der Waals surface area contributed by atoms with E-state index in [9.17, 15) is 0 Å². The Balaban J connectivity index is 1.78. The highest BCUT2D eigenvalue weighted by atomic mass is 79.9. The van der Waals surface area contributed by atoms with Gasteiger partial charge in [0.2, 0.25) is 0 Å². The summed E-state index contributed by atoms with van der Waals surface area (Å²) < 4.78 is 1.09. The van der Waals surface area contributed by atoms with Gasteiger partial charge in [0.25, 0.3) is 0 Å². The second kappa shape index (κ2) is 6.03. The van der Waals surface area contributed by atoms with Gasteiger partial charge in [-0.1, -0.05) is 6.42 Å². The Bertz CT molecular complexity index is 346. The largest absolute Gasteiger partial charge is 0.327 e. The summed E-state index contributed by atoms with van der Waals surface area (Å²) in [5.74, 6) is 1.85. The summed E-state index contributed by atoms with van der Waals surface area (Å²) in [6.07, 6.45) is 6.89. The number of aromatic nitrogens is 1. The molecule has 0 radical (unpaired) electrons. The molecule has 2 rings (SSSR count). The first-order valence-corrected chi connectivity index (χ1v) is 7.54. The lowest BCUT2D eigenvalue weighted by Gasteiger charge is -2.14. The molecule has 0 aliphatic heterocycles. The van der Waals surface area contributed by atoms with Crippen LogP contribution in [0, 0.1) is 5.92 Å². The van der Waals surface area contributed by atoms with Crippen molar-refractivity contribution in [3.05, 3.63) is 22.8 Å². The van der Waals surface area contributed by atoms with E-state index in [1.807, 2.05) is 30.1 Å². The number of nitrogens with two attached hydrogens (primary N) is 1. The maximum absolute atomic E-state index is 6.05. The van der Waals surface area contributed by atoms with Crippen molar-refractivity contribution in [2.75, 3.05) is 5.75 Å². The van der Waals surface area contributed by atoms with Gasteiger partial charge >= 0.3 is 0 Å². The van der Waals surface area contributed by atoms with E-state index in [4.69, 9.17) is 5.73 Å². The molecule has 1 aliphatic rings. The molecule has 1 heterocycles. The van der Waals surface area contributed by atoms with E-state index in [2.05, 4.69) is 20.9 Å². The summed E-state index contributed by atoms with van der Waals surface area (Å²) in [6, 6.07) is 4.42. The maximum atomic E-state index is 6.05. The number of thioether (sulfide) groups is 1. The second-order valence-electron chi connectivity index (χ2n) is 4.28. The molecule has 1 aromatic heterocycles. The predicted octanol–water partition coefficient (Wildman–Crippen LogP) is 3.45. The van der Waals surface area contributed by atoms with Gasteiger partial charge in [0.1, 0.15) is 5.03 Å². The third-order valence-electron chi connectivity index (χ3n) is 3.17. The minimum atomic E-state index is 0.438. The monoisotopic (exact) mass is 300 g/mol. The van der Waals surface area contributed by atoms with E-state index < -0.39 is 0 Å². The molecule has 1 saturated carbocycles. The Kier molecular flexibility index (Phi) is 4.67. The van der Waals surface area contributed by atoms with Crippen LogP contribution in [0.25, 0.3) is 0 Å². The molecule has 4 heteroatoms. The molecule has 2 nitrogen and oxygen atoms in total. The normalized spacial score (nSPS) is 24.9. The van der Waals surface area contributed by atoms with Crippen molar-refractivity contribution in [3.8, 4) is 0 Å². The van der Waals surface area contributed by atoms with E-state index in [1.54, 1.807) is 0 Å². The molecule has 1 aliphatic carbocycles. The minimum Gasteiger partial charge on any atom is -0.327 e. The van der Waals surface area contributed by atoms with Gasteiger partial charge in [0.15, 0.2) is 0 Å². The standard InChI is InChI=1S/C12H17BrN2S/c13-10-4-2-7-15-12(10)16-8-6-9-3-1-5-11(9)14/h2,4,7,9,11H,1,3,5-6,8,14H2. The Morgan fingerprint density at radius 1 is 1.50 bits per heavy atom. The van der Waals surface area contributed by atoms with E-state index >= 15 is 0 Å². The number of hydrogen-bond acceptors (Lipinski definition) is 3. The van der Waals surface area contributed by atoms with Crippen molar-refractivity contribution in [2.45, 2.75) is 36.8 Å². The van der Waals surface area contributed by atoms with Crippen LogP contribution >= 0.6 is 27.7 Å².